The van der Waals surface area contributed by atoms with Crippen LogP contribution < -0.4 is 15.5 Å². The van der Waals surface area contributed by atoms with Gasteiger partial charge in [0.1, 0.15) is 0 Å². The number of anilines is 2. The number of nitriles is 1. The van der Waals surface area contributed by atoms with Gasteiger partial charge in [-0.3, -0.25) is 9.78 Å². The molecule has 200 valence electrons. The highest BCUT2D eigenvalue weighted by atomic mass is 32.1. The molecule has 1 saturated heterocycles. The van der Waals surface area contributed by atoms with Crippen LogP contribution in [0.2, 0.25) is 0 Å². The molecule has 4 heterocycles. The molecule has 0 spiro atoms. The van der Waals surface area contributed by atoms with Crippen molar-refractivity contribution in [3.63, 3.8) is 0 Å². The van der Waals surface area contributed by atoms with E-state index in [-0.39, 0.29) is 0 Å². The predicted molar refractivity (Wildman–Crippen MR) is 153 cm³/mol. The number of aromatic nitrogens is 4. The average molecular weight is 543 g/mol. The van der Waals surface area contributed by atoms with Gasteiger partial charge in [-0.2, -0.15) is 5.26 Å². The summed E-state index contributed by atoms with van der Waals surface area (Å²) in [7, 11) is 0. The molecule has 0 unspecified atom stereocenters. The third kappa shape index (κ3) is 5.67. The van der Waals surface area contributed by atoms with Gasteiger partial charge in [0.2, 0.25) is 5.95 Å². The van der Waals surface area contributed by atoms with Gasteiger partial charge in [-0.15, -0.1) is 0 Å². The van der Waals surface area contributed by atoms with Gasteiger partial charge in [-0.1, -0.05) is 24.3 Å². The largest absolute Gasteiger partial charge is 0.481 e. The SMILES string of the molecule is CCNCNc1nc2cc(-c3cnc(N4CCC(C)(C(=O)O)CC4)nc3)cc(-c3ccc(CC#N)cn3)c2s1. The van der Waals surface area contributed by atoms with E-state index in [1.165, 1.54) is 0 Å². The van der Waals surface area contributed by atoms with Gasteiger partial charge in [0, 0.05) is 42.8 Å². The second-order valence-electron chi connectivity index (χ2n) is 9.86. The van der Waals surface area contributed by atoms with Crippen LogP contribution in [-0.4, -0.2) is 57.3 Å². The summed E-state index contributed by atoms with van der Waals surface area (Å²) >= 11 is 1.58. The molecule has 0 bridgehead atoms. The summed E-state index contributed by atoms with van der Waals surface area (Å²) in [5.41, 5.74) is 4.56. The van der Waals surface area contributed by atoms with E-state index in [0.717, 1.165) is 49.8 Å². The van der Waals surface area contributed by atoms with Crippen molar-refractivity contribution >= 4 is 38.6 Å². The molecule has 5 rings (SSSR count). The van der Waals surface area contributed by atoms with Gasteiger partial charge in [-0.25, -0.2) is 15.0 Å². The van der Waals surface area contributed by atoms with E-state index in [2.05, 4.69) is 44.6 Å². The Morgan fingerprint density at radius 2 is 1.92 bits per heavy atom. The fraction of sp³-hybridized carbons (Fsp3) is 0.357. The standard InChI is InChI=1S/C28H30N8O2S/c1-3-30-17-34-27-35-23-13-19(12-21(24(23)39-27)22-5-4-18(6-9-29)14-31-22)20-15-32-26(33-16-20)36-10-7-28(2,8-11-36)25(37)38/h4-5,12-16,30H,3,6-8,10-11,17H2,1-2H3,(H,34,35)(H,37,38). The first-order valence-electron chi connectivity index (χ1n) is 12.9. The molecule has 1 fully saturated rings. The number of fused-ring (bicyclic) bond motifs is 1. The third-order valence-corrected chi connectivity index (χ3v) is 8.19. The number of piperidine rings is 1. The van der Waals surface area contributed by atoms with E-state index in [9.17, 15) is 9.90 Å². The lowest BCUT2D eigenvalue weighted by Gasteiger charge is -2.36. The molecule has 1 aliphatic heterocycles. The van der Waals surface area contributed by atoms with Gasteiger partial charge in [-0.05, 0) is 55.6 Å². The molecule has 4 aromatic rings. The van der Waals surface area contributed by atoms with Crippen molar-refractivity contribution in [1.82, 2.24) is 25.3 Å². The summed E-state index contributed by atoms with van der Waals surface area (Å²) in [5.74, 6) is -0.147. The van der Waals surface area contributed by atoms with Gasteiger partial charge in [0.15, 0.2) is 5.13 Å². The summed E-state index contributed by atoms with van der Waals surface area (Å²) in [6, 6.07) is 10.2. The maximum atomic E-state index is 11.6. The van der Waals surface area contributed by atoms with Crippen LogP contribution in [0.3, 0.4) is 0 Å². The van der Waals surface area contributed by atoms with Crippen LogP contribution in [0.1, 0.15) is 32.3 Å². The second-order valence-corrected chi connectivity index (χ2v) is 10.9. The summed E-state index contributed by atoms with van der Waals surface area (Å²) in [5, 5.41) is 25.9. The van der Waals surface area contributed by atoms with Crippen molar-refractivity contribution in [2.75, 3.05) is 36.5 Å². The lowest BCUT2D eigenvalue weighted by Crippen LogP contribution is -2.43. The van der Waals surface area contributed by atoms with E-state index in [4.69, 9.17) is 10.2 Å². The zero-order valence-electron chi connectivity index (χ0n) is 21.9. The molecule has 39 heavy (non-hydrogen) atoms. The summed E-state index contributed by atoms with van der Waals surface area (Å²) < 4.78 is 1.02. The van der Waals surface area contributed by atoms with Crippen LogP contribution in [0.5, 0.6) is 0 Å². The topological polar surface area (TPSA) is 140 Å². The van der Waals surface area contributed by atoms with Gasteiger partial charge in [0.25, 0.3) is 0 Å². The van der Waals surface area contributed by atoms with Crippen LogP contribution >= 0.6 is 11.3 Å². The van der Waals surface area contributed by atoms with E-state index < -0.39 is 11.4 Å². The molecule has 11 heteroatoms. The summed E-state index contributed by atoms with van der Waals surface area (Å²) in [6.45, 7) is 6.55. The number of carbonyl (C=O) groups is 1. The van der Waals surface area contributed by atoms with Gasteiger partial charge >= 0.3 is 5.97 Å². The van der Waals surface area contributed by atoms with Crippen LogP contribution in [0.4, 0.5) is 11.1 Å². The van der Waals surface area contributed by atoms with Gasteiger partial charge < -0.3 is 20.6 Å². The van der Waals surface area contributed by atoms with Crippen LogP contribution in [0, 0.1) is 16.7 Å². The molecule has 3 aromatic heterocycles. The fourth-order valence-corrected chi connectivity index (χ4v) is 5.52. The Balaban J connectivity index is 1.46. The number of hydrogen-bond acceptors (Lipinski definition) is 10. The maximum Gasteiger partial charge on any atom is 0.309 e. The molecule has 10 nitrogen and oxygen atoms in total. The van der Waals surface area contributed by atoms with E-state index in [1.54, 1.807) is 36.9 Å². The Kier molecular flexibility index (Phi) is 7.67. The Morgan fingerprint density at radius 1 is 1.15 bits per heavy atom. The monoisotopic (exact) mass is 542 g/mol. The highest BCUT2D eigenvalue weighted by Gasteiger charge is 2.37. The molecule has 0 saturated carbocycles. The number of nitrogens with one attached hydrogen (secondary N) is 2. The number of thiazole rings is 1. The van der Waals surface area contributed by atoms with E-state index in [1.807, 2.05) is 23.1 Å². The smallest absolute Gasteiger partial charge is 0.309 e. The Bertz CT molecular complexity index is 1500. The number of aliphatic carboxylic acids is 1. The van der Waals surface area contributed by atoms with Crippen molar-refractivity contribution in [2.24, 2.45) is 5.41 Å². The maximum absolute atomic E-state index is 11.6. The number of carboxylic acids is 1. The van der Waals surface area contributed by atoms with Crippen LogP contribution in [0.25, 0.3) is 32.6 Å². The number of carboxylic acid groups (broad SMARTS) is 1. The quantitative estimate of drug-likeness (QED) is 0.204. The summed E-state index contributed by atoms with van der Waals surface area (Å²) in [6.07, 6.45) is 6.78. The Hall–Kier alpha value is -4.14. The van der Waals surface area contributed by atoms with E-state index in [0.29, 0.717) is 45.0 Å². The minimum absolute atomic E-state index is 0.317. The Labute approximate surface area is 230 Å². The number of benzene rings is 1. The summed E-state index contributed by atoms with van der Waals surface area (Å²) in [4.78, 5) is 32.3. The second kappa shape index (κ2) is 11.3. The average Bonchev–Trinajstić information content (AvgIpc) is 3.37. The van der Waals surface area contributed by atoms with Crippen LogP contribution in [-0.2, 0) is 11.2 Å². The highest BCUT2D eigenvalue weighted by Crippen LogP contribution is 2.38. The molecule has 0 aliphatic carbocycles. The van der Waals surface area contributed by atoms with Crippen LogP contribution in [0.15, 0.2) is 42.9 Å². The molecular weight excluding hydrogens is 512 g/mol. The minimum atomic E-state index is -0.749. The molecule has 1 aromatic carbocycles. The molecule has 0 amide bonds. The number of pyridine rings is 1. The fourth-order valence-electron chi connectivity index (χ4n) is 4.56. The first kappa shape index (κ1) is 26.5. The molecule has 0 radical (unpaired) electrons. The predicted octanol–water partition coefficient (Wildman–Crippen LogP) is 4.55. The molecular formula is C28H30N8O2S. The normalized spacial score (nSPS) is 14.7. The lowest BCUT2D eigenvalue weighted by molar-refractivity contribution is -0.149. The number of hydrogen-bond donors (Lipinski definition) is 3. The zero-order valence-corrected chi connectivity index (χ0v) is 22.8. The number of nitrogens with zero attached hydrogens (tertiary/aromatic N) is 6. The lowest BCUT2D eigenvalue weighted by atomic mass is 9.80. The molecule has 3 N–H and O–H groups in total. The van der Waals surface area contributed by atoms with Crippen molar-refractivity contribution < 1.29 is 9.90 Å². The van der Waals surface area contributed by atoms with Crippen molar-refractivity contribution in [2.45, 2.75) is 33.1 Å². The van der Waals surface area contributed by atoms with E-state index >= 15 is 0 Å². The van der Waals surface area contributed by atoms with Crippen molar-refractivity contribution in [3.8, 4) is 28.5 Å². The van der Waals surface area contributed by atoms with Gasteiger partial charge in [0.05, 0.1) is 40.5 Å². The highest BCUT2D eigenvalue weighted by molar-refractivity contribution is 7.22. The van der Waals surface area contributed by atoms with Crippen molar-refractivity contribution in [3.05, 3.63) is 48.4 Å². The number of rotatable bonds is 9. The molecule has 0 atom stereocenters. The third-order valence-electron chi connectivity index (χ3n) is 7.13. The van der Waals surface area contributed by atoms with Crippen molar-refractivity contribution in [1.29, 1.82) is 5.26 Å². The molecule has 1 aliphatic rings. The Morgan fingerprint density at radius 3 is 2.56 bits per heavy atom. The first-order chi connectivity index (χ1) is 18.9. The zero-order chi connectivity index (χ0) is 27.4. The minimum Gasteiger partial charge on any atom is -0.481 e. The first-order valence-corrected chi connectivity index (χ1v) is 13.7.